The first-order chi connectivity index (χ1) is 10.7. The van der Waals surface area contributed by atoms with Gasteiger partial charge in [0.2, 0.25) is 5.95 Å². The topological polar surface area (TPSA) is 79.4 Å². The summed E-state index contributed by atoms with van der Waals surface area (Å²) < 4.78 is 1.72. The van der Waals surface area contributed by atoms with E-state index < -0.39 is 0 Å². The van der Waals surface area contributed by atoms with Gasteiger partial charge in [0.1, 0.15) is 0 Å². The standard InChI is InChI=1S/C16H17N6/c1-11-7-12(3-4-13(11)8-17)15-5-6-18-16(21-15)20-14-9-19-22(2)10-14/h3-7,9-10,17H,8H2,1-2H3,(H,18,20,21). The predicted octanol–water partition coefficient (Wildman–Crippen LogP) is 2.71. The third-order valence-electron chi connectivity index (χ3n) is 3.45. The number of hydrogen-bond acceptors (Lipinski definition) is 4. The van der Waals surface area contributed by atoms with Crippen molar-refractivity contribution >= 4 is 11.6 Å². The van der Waals surface area contributed by atoms with E-state index in [-0.39, 0.29) is 0 Å². The molecule has 0 fully saturated rings. The number of aromatic nitrogens is 4. The van der Waals surface area contributed by atoms with E-state index in [1.165, 1.54) is 0 Å². The van der Waals surface area contributed by atoms with Crippen LogP contribution in [0.4, 0.5) is 11.6 Å². The Kier molecular flexibility index (Phi) is 3.84. The molecule has 0 bridgehead atoms. The SMILES string of the molecule is Cc1cc(-c2ccnc(Nc3cnn(C)c3)n2)ccc1C[NH]. The molecular weight excluding hydrogens is 276 g/mol. The zero-order chi connectivity index (χ0) is 15.5. The van der Waals surface area contributed by atoms with Crippen LogP contribution in [0.15, 0.2) is 42.9 Å². The summed E-state index contributed by atoms with van der Waals surface area (Å²) in [7, 11) is 1.86. The summed E-state index contributed by atoms with van der Waals surface area (Å²) in [4.78, 5) is 8.77. The predicted molar refractivity (Wildman–Crippen MR) is 85.5 cm³/mol. The van der Waals surface area contributed by atoms with Crippen LogP contribution in [0, 0.1) is 6.92 Å². The molecule has 0 amide bonds. The van der Waals surface area contributed by atoms with Crippen molar-refractivity contribution in [2.24, 2.45) is 7.05 Å². The van der Waals surface area contributed by atoms with Crippen LogP contribution in [0.25, 0.3) is 11.3 Å². The van der Waals surface area contributed by atoms with Gasteiger partial charge in [-0.2, -0.15) is 5.10 Å². The molecule has 0 unspecified atom stereocenters. The largest absolute Gasteiger partial charge is 0.321 e. The first kappa shape index (κ1) is 14.2. The molecule has 1 radical (unpaired) electrons. The van der Waals surface area contributed by atoms with Crippen molar-refractivity contribution in [1.29, 1.82) is 0 Å². The average Bonchev–Trinajstić information content (AvgIpc) is 2.92. The number of nitrogens with one attached hydrogen (secondary N) is 2. The summed E-state index contributed by atoms with van der Waals surface area (Å²) in [6.07, 6.45) is 5.32. The molecule has 0 saturated carbocycles. The summed E-state index contributed by atoms with van der Waals surface area (Å²) in [5.41, 5.74) is 12.3. The molecule has 2 heterocycles. The van der Waals surface area contributed by atoms with Crippen molar-refractivity contribution in [1.82, 2.24) is 25.5 Å². The lowest BCUT2D eigenvalue weighted by Gasteiger charge is -2.08. The normalized spacial score (nSPS) is 10.7. The molecule has 2 aromatic heterocycles. The first-order valence-electron chi connectivity index (χ1n) is 6.99. The molecule has 0 aliphatic rings. The highest BCUT2D eigenvalue weighted by molar-refractivity contribution is 5.63. The molecule has 1 aromatic carbocycles. The second kappa shape index (κ2) is 5.95. The third kappa shape index (κ3) is 2.96. The molecule has 3 aromatic rings. The second-order valence-corrected chi connectivity index (χ2v) is 5.11. The zero-order valence-corrected chi connectivity index (χ0v) is 12.5. The highest BCUT2D eigenvalue weighted by Gasteiger charge is 2.05. The highest BCUT2D eigenvalue weighted by Crippen LogP contribution is 2.22. The molecule has 22 heavy (non-hydrogen) atoms. The van der Waals surface area contributed by atoms with Crippen LogP contribution in [0.1, 0.15) is 11.1 Å². The molecule has 0 aliphatic heterocycles. The zero-order valence-electron chi connectivity index (χ0n) is 12.5. The Hall–Kier alpha value is -2.73. The monoisotopic (exact) mass is 293 g/mol. The van der Waals surface area contributed by atoms with E-state index >= 15 is 0 Å². The van der Waals surface area contributed by atoms with Crippen LogP contribution < -0.4 is 11.1 Å². The Labute approximate surface area is 129 Å². The van der Waals surface area contributed by atoms with Crippen molar-refractivity contribution in [2.75, 3.05) is 5.32 Å². The molecule has 6 nitrogen and oxygen atoms in total. The van der Waals surface area contributed by atoms with Crippen LogP contribution in [0.3, 0.4) is 0 Å². The van der Waals surface area contributed by atoms with Gasteiger partial charge in [-0.25, -0.2) is 9.97 Å². The van der Waals surface area contributed by atoms with Gasteiger partial charge >= 0.3 is 0 Å². The molecule has 0 atom stereocenters. The number of hydrogen-bond donors (Lipinski definition) is 1. The van der Waals surface area contributed by atoms with Crippen molar-refractivity contribution in [3.05, 3.63) is 54.0 Å². The smallest absolute Gasteiger partial charge is 0.227 e. The average molecular weight is 293 g/mol. The van der Waals surface area contributed by atoms with Crippen molar-refractivity contribution in [3.8, 4) is 11.3 Å². The quantitative estimate of drug-likeness (QED) is 0.802. The summed E-state index contributed by atoms with van der Waals surface area (Å²) in [5.74, 6) is 0.535. The fraction of sp³-hybridized carbons (Fsp3) is 0.188. The molecular formula is C16H17N6. The maximum absolute atomic E-state index is 7.48. The van der Waals surface area contributed by atoms with E-state index in [1.807, 2.05) is 38.4 Å². The van der Waals surface area contributed by atoms with Crippen LogP contribution in [0.2, 0.25) is 0 Å². The first-order valence-corrected chi connectivity index (χ1v) is 6.99. The summed E-state index contributed by atoms with van der Waals surface area (Å²) in [6, 6.07) is 7.91. The fourth-order valence-electron chi connectivity index (χ4n) is 2.25. The summed E-state index contributed by atoms with van der Waals surface area (Å²) >= 11 is 0. The summed E-state index contributed by atoms with van der Waals surface area (Å²) in [6.45, 7) is 2.31. The molecule has 0 spiro atoms. The van der Waals surface area contributed by atoms with Gasteiger partial charge in [-0.05, 0) is 30.2 Å². The van der Waals surface area contributed by atoms with Crippen LogP contribution in [-0.2, 0) is 13.6 Å². The van der Waals surface area contributed by atoms with Gasteiger partial charge in [-0.15, -0.1) is 0 Å². The van der Waals surface area contributed by atoms with E-state index in [1.54, 1.807) is 17.1 Å². The van der Waals surface area contributed by atoms with E-state index in [9.17, 15) is 0 Å². The van der Waals surface area contributed by atoms with E-state index in [0.717, 1.165) is 28.1 Å². The van der Waals surface area contributed by atoms with Gasteiger partial charge < -0.3 is 5.32 Å². The Morgan fingerprint density at radius 2 is 2.14 bits per heavy atom. The molecule has 0 saturated heterocycles. The van der Waals surface area contributed by atoms with Crippen molar-refractivity contribution in [3.63, 3.8) is 0 Å². The molecule has 2 N–H and O–H groups in total. The van der Waals surface area contributed by atoms with Gasteiger partial charge in [0.25, 0.3) is 0 Å². The fourth-order valence-corrected chi connectivity index (χ4v) is 2.25. The third-order valence-corrected chi connectivity index (χ3v) is 3.45. The lowest BCUT2D eigenvalue weighted by Crippen LogP contribution is -1.98. The molecule has 3 rings (SSSR count). The van der Waals surface area contributed by atoms with Gasteiger partial charge in [-0.3, -0.25) is 10.4 Å². The maximum atomic E-state index is 7.48. The van der Waals surface area contributed by atoms with Gasteiger partial charge in [0.15, 0.2) is 0 Å². The Morgan fingerprint density at radius 3 is 2.82 bits per heavy atom. The van der Waals surface area contributed by atoms with E-state index in [4.69, 9.17) is 5.73 Å². The van der Waals surface area contributed by atoms with Crippen molar-refractivity contribution in [2.45, 2.75) is 13.5 Å². The van der Waals surface area contributed by atoms with Gasteiger partial charge in [0.05, 0.1) is 17.6 Å². The Bertz CT molecular complexity index is 793. The van der Waals surface area contributed by atoms with Crippen LogP contribution in [0.5, 0.6) is 0 Å². The van der Waals surface area contributed by atoms with Crippen molar-refractivity contribution < 1.29 is 0 Å². The van der Waals surface area contributed by atoms with Gasteiger partial charge in [-0.1, -0.05) is 12.1 Å². The maximum Gasteiger partial charge on any atom is 0.227 e. The number of anilines is 2. The van der Waals surface area contributed by atoms with Crippen LogP contribution >= 0.6 is 0 Å². The Balaban J connectivity index is 1.89. The minimum Gasteiger partial charge on any atom is -0.321 e. The second-order valence-electron chi connectivity index (χ2n) is 5.11. The number of nitrogens with zero attached hydrogens (tertiary/aromatic N) is 4. The molecule has 6 heteroatoms. The Morgan fingerprint density at radius 1 is 1.27 bits per heavy atom. The summed E-state index contributed by atoms with van der Waals surface area (Å²) in [5, 5.41) is 7.24. The van der Waals surface area contributed by atoms with Gasteiger partial charge in [0, 0.05) is 31.5 Å². The highest BCUT2D eigenvalue weighted by atomic mass is 15.3. The minimum atomic E-state index is 0.295. The van der Waals surface area contributed by atoms with E-state index in [0.29, 0.717) is 12.5 Å². The number of benzene rings is 1. The molecule has 0 aliphatic carbocycles. The van der Waals surface area contributed by atoms with E-state index in [2.05, 4.69) is 26.4 Å². The lowest BCUT2D eigenvalue weighted by molar-refractivity contribution is 0.768. The minimum absolute atomic E-state index is 0.295. The number of aryl methyl sites for hydroxylation is 2. The molecule has 111 valence electrons. The van der Waals surface area contributed by atoms with Crippen LogP contribution in [-0.4, -0.2) is 19.7 Å². The number of rotatable bonds is 4. The lowest BCUT2D eigenvalue weighted by atomic mass is 10.0.